The average Bonchev–Trinajstić information content (AvgIpc) is 2.51. The highest BCUT2D eigenvalue weighted by molar-refractivity contribution is 5.76. The number of fused-ring (bicyclic) bond motifs is 1. The van der Waals surface area contributed by atoms with Crippen molar-refractivity contribution in [3.05, 3.63) is 45.1 Å². The Bertz CT molecular complexity index is 664. The lowest BCUT2D eigenvalue weighted by molar-refractivity contribution is 0.558. The Balaban J connectivity index is 0.000000741. The summed E-state index contributed by atoms with van der Waals surface area (Å²) in [5.41, 5.74) is 1.31. The summed E-state index contributed by atoms with van der Waals surface area (Å²) < 4.78 is 5.63. The Labute approximate surface area is 115 Å². The minimum Gasteiger partial charge on any atom is -0.456 e. The molecule has 1 aromatic heterocycles. The Hall–Kier alpha value is -1.83. The fourth-order valence-corrected chi connectivity index (χ4v) is 1.66. The van der Waals surface area contributed by atoms with Crippen molar-refractivity contribution in [3.63, 3.8) is 0 Å². The summed E-state index contributed by atoms with van der Waals surface area (Å²) >= 11 is 0. The molecule has 19 heavy (non-hydrogen) atoms. The van der Waals surface area contributed by atoms with Gasteiger partial charge in [0.15, 0.2) is 5.43 Å². The maximum absolute atomic E-state index is 12.0. The second-order valence-corrected chi connectivity index (χ2v) is 3.28. The van der Waals surface area contributed by atoms with Gasteiger partial charge in [0.25, 0.3) is 0 Å². The molecule has 0 aliphatic carbocycles. The first-order chi connectivity index (χ1) is 9.27. The number of para-hydroxylation sites is 1. The van der Waals surface area contributed by atoms with Gasteiger partial charge in [0.2, 0.25) is 0 Å². The molecule has 0 bridgehead atoms. The third-order valence-corrected chi connectivity index (χ3v) is 2.41. The summed E-state index contributed by atoms with van der Waals surface area (Å²) in [6, 6.07) is 7.30. The van der Waals surface area contributed by atoms with Crippen LogP contribution in [0.1, 0.15) is 41.5 Å². The van der Waals surface area contributed by atoms with E-state index in [4.69, 9.17) is 4.42 Å². The van der Waals surface area contributed by atoms with Crippen LogP contribution in [0.4, 0.5) is 0 Å². The third-order valence-electron chi connectivity index (χ3n) is 2.41. The van der Waals surface area contributed by atoms with Gasteiger partial charge in [-0.15, -0.1) is 0 Å². The van der Waals surface area contributed by atoms with E-state index in [9.17, 15) is 4.79 Å². The second kappa shape index (κ2) is 9.15. The third kappa shape index (κ3) is 3.82. The molecule has 2 aromatic rings. The van der Waals surface area contributed by atoms with Gasteiger partial charge in [-0.25, -0.2) is 0 Å². The Morgan fingerprint density at radius 3 is 2.05 bits per heavy atom. The zero-order valence-corrected chi connectivity index (χ0v) is 12.8. The lowest BCUT2D eigenvalue weighted by Gasteiger charge is -1.96. The van der Waals surface area contributed by atoms with Crippen LogP contribution in [-0.2, 0) is 0 Å². The maximum atomic E-state index is 12.0. The van der Waals surface area contributed by atoms with E-state index in [-0.39, 0.29) is 5.43 Å². The SMILES string of the molecule is C/C=c1/oc2ccccc2c(=O)/c1=C/C.CC.CC. The van der Waals surface area contributed by atoms with E-state index in [1.54, 1.807) is 12.1 Å². The Kier molecular flexibility index (Phi) is 8.27. The fourth-order valence-electron chi connectivity index (χ4n) is 1.66. The first-order valence-electron chi connectivity index (χ1n) is 6.92. The van der Waals surface area contributed by atoms with Crippen molar-refractivity contribution in [3.8, 4) is 0 Å². The van der Waals surface area contributed by atoms with E-state index in [2.05, 4.69) is 0 Å². The summed E-state index contributed by atoms with van der Waals surface area (Å²) in [7, 11) is 0. The number of rotatable bonds is 0. The minimum absolute atomic E-state index is 0.0347. The van der Waals surface area contributed by atoms with Gasteiger partial charge in [0.05, 0.1) is 10.6 Å². The largest absolute Gasteiger partial charge is 0.456 e. The molecule has 0 aliphatic rings. The topological polar surface area (TPSA) is 30.2 Å². The summed E-state index contributed by atoms with van der Waals surface area (Å²) in [5.74, 6) is 0. The van der Waals surface area contributed by atoms with Gasteiger partial charge in [0.1, 0.15) is 11.0 Å². The van der Waals surface area contributed by atoms with Crippen LogP contribution in [0, 0.1) is 0 Å². The van der Waals surface area contributed by atoms with Crippen LogP contribution in [-0.4, -0.2) is 0 Å². The molecule has 0 aliphatic heterocycles. The number of benzene rings is 1. The molecule has 2 rings (SSSR count). The molecule has 0 N–H and O–H groups in total. The molecule has 0 radical (unpaired) electrons. The van der Waals surface area contributed by atoms with Crippen LogP contribution in [0.15, 0.2) is 33.5 Å². The quantitative estimate of drug-likeness (QED) is 0.726. The van der Waals surface area contributed by atoms with E-state index >= 15 is 0 Å². The molecule has 1 aromatic carbocycles. The van der Waals surface area contributed by atoms with Crippen LogP contribution in [0.5, 0.6) is 0 Å². The summed E-state index contributed by atoms with van der Waals surface area (Å²) in [6.07, 6.45) is 3.59. The molecule has 104 valence electrons. The molecule has 1 heterocycles. The molecule has 0 saturated heterocycles. The normalized spacial score (nSPS) is 11.5. The molecule has 0 saturated carbocycles. The van der Waals surface area contributed by atoms with Gasteiger partial charge in [-0.3, -0.25) is 4.79 Å². The molecular formula is C17H24O2. The Morgan fingerprint density at radius 2 is 1.53 bits per heavy atom. The fraction of sp³-hybridized carbons (Fsp3) is 0.353. The molecular weight excluding hydrogens is 236 g/mol. The first kappa shape index (κ1) is 17.2. The van der Waals surface area contributed by atoms with Crippen molar-refractivity contribution in [2.45, 2.75) is 41.5 Å². The van der Waals surface area contributed by atoms with Crippen molar-refractivity contribution < 1.29 is 4.42 Å². The van der Waals surface area contributed by atoms with Gasteiger partial charge >= 0.3 is 0 Å². The van der Waals surface area contributed by atoms with Gasteiger partial charge in [-0.2, -0.15) is 0 Å². The minimum atomic E-state index is 0.0347. The van der Waals surface area contributed by atoms with Gasteiger partial charge in [-0.05, 0) is 32.1 Å². The maximum Gasteiger partial charge on any atom is 0.200 e. The van der Waals surface area contributed by atoms with Gasteiger partial charge < -0.3 is 4.42 Å². The lowest BCUT2D eigenvalue weighted by Crippen LogP contribution is -2.38. The summed E-state index contributed by atoms with van der Waals surface area (Å²) in [6.45, 7) is 11.7. The van der Waals surface area contributed by atoms with Crippen LogP contribution in [0.25, 0.3) is 23.1 Å². The summed E-state index contributed by atoms with van der Waals surface area (Å²) in [5, 5.41) is 1.27. The van der Waals surface area contributed by atoms with E-state index < -0.39 is 0 Å². The van der Waals surface area contributed by atoms with Crippen LogP contribution < -0.4 is 16.1 Å². The van der Waals surface area contributed by atoms with E-state index in [0.717, 1.165) is 0 Å². The Morgan fingerprint density at radius 1 is 0.947 bits per heavy atom. The lowest BCUT2D eigenvalue weighted by atomic mass is 10.2. The standard InChI is InChI=1S/C13H12O2.2C2H6/c1-3-9-11(4-2)15-12-8-6-5-7-10(12)13(9)14;2*1-2/h3-8H,1-2H3;2*1-2H3/b9-3+,11-4+;;. The van der Waals surface area contributed by atoms with Crippen LogP contribution in [0.2, 0.25) is 0 Å². The van der Waals surface area contributed by atoms with E-state index in [1.165, 1.54) is 0 Å². The molecule has 0 fully saturated rings. The number of hydrogen-bond donors (Lipinski definition) is 0. The molecule has 2 nitrogen and oxygen atoms in total. The van der Waals surface area contributed by atoms with Crippen LogP contribution >= 0.6 is 0 Å². The average molecular weight is 260 g/mol. The first-order valence-corrected chi connectivity index (χ1v) is 6.92. The second-order valence-electron chi connectivity index (χ2n) is 3.28. The van der Waals surface area contributed by atoms with Crippen molar-refractivity contribution in [2.24, 2.45) is 0 Å². The highest BCUT2D eigenvalue weighted by Gasteiger charge is 2.01. The zero-order valence-electron chi connectivity index (χ0n) is 12.8. The predicted molar refractivity (Wildman–Crippen MR) is 84.7 cm³/mol. The highest BCUT2D eigenvalue weighted by Crippen LogP contribution is 2.04. The monoisotopic (exact) mass is 260 g/mol. The molecule has 0 unspecified atom stereocenters. The smallest absolute Gasteiger partial charge is 0.200 e. The van der Waals surface area contributed by atoms with Crippen molar-refractivity contribution >= 4 is 23.1 Å². The predicted octanol–water partition coefficient (Wildman–Crippen LogP) is 3.45. The number of hydrogen-bond acceptors (Lipinski definition) is 2. The van der Waals surface area contributed by atoms with E-state index in [1.807, 2.05) is 65.8 Å². The van der Waals surface area contributed by atoms with Crippen molar-refractivity contribution in [1.29, 1.82) is 0 Å². The molecule has 0 spiro atoms. The van der Waals surface area contributed by atoms with Gasteiger partial charge in [-0.1, -0.05) is 45.9 Å². The molecule has 0 amide bonds. The van der Waals surface area contributed by atoms with Crippen molar-refractivity contribution in [2.75, 3.05) is 0 Å². The zero-order chi connectivity index (χ0) is 14.8. The highest BCUT2D eigenvalue weighted by atomic mass is 16.3. The molecule has 0 atom stereocenters. The van der Waals surface area contributed by atoms with Crippen LogP contribution in [0.3, 0.4) is 0 Å². The summed E-state index contributed by atoms with van der Waals surface area (Å²) in [4.78, 5) is 12.0. The molecule has 2 heteroatoms. The van der Waals surface area contributed by atoms with E-state index in [0.29, 0.717) is 21.6 Å². The van der Waals surface area contributed by atoms with Crippen molar-refractivity contribution in [1.82, 2.24) is 0 Å². The van der Waals surface area contributed by atoms with Gasteiger partial charge in [0, 0.05) is 0 Å².